The molecule has 4 rings (SSSR count). The van der Waals surface area contributed by atoms with E-state index in [1.54, 1.807) is 24.3 Å². The molecule has 0 saturated heterocycles. The fourth-order valence-electron chi connectivity index (χ4n) is 3.46. The number of carbonyl (C=O) groups excluding carboxylic acids is 2. The number of nitrogens with zero attached hydrogens (tertiary/aromatic N) is 2. The third kappa shape index (κ3) is 5.25. The van der Waals surface area contributed by atoms with Gasteiger partial charge in [0, 0.05) is 23.3 Å². The van der Waals surface area contributed by atoms with Gasteiger partial charge in [-0.2, -0.15) is 0 Å². The molecule has 0 atom stereocenters. The lowest BCUT2D eigenvalue weighted by atomic mass is 10.1. The summed E-state index contributed by atoms with van der Waals surface area (Å²) >= 11 is 0. The van der Waals surface area contributed by atoms with E-state index in [1.165, 1.54) is 63.8 Å². The number of hydrogen-bond donors (Lipinski definition) is 0. The molecule has 0 bridgehead atoms. The largest absolute Gasteiger partial charge is 0.493 e. The smallest absolute Gasteiger partial charge is 0.363 e. The van der Waals surface area contributed by atoms with Crippen LogP contribution in [0, 0.1) is 10.1 Å². The number of ether oxygens (including phenoxy) is 5. The van der Waals surface area contributed by atoms with Gasteiger partial charge in [-0.1, -0.05) is 18.2 Å². The summed E-state index contributed by atoms with van der Waals surface area (Å²) < 4.78 is 26.7. The molecule has 37 heavy (non-hydrogen) atoms. The van der Waals surface area contributed by atoms with Gasteiger partial charge in [0.1, 0.15) is 5.75 Å². The second kappa shape index (κ2) is 10.6. The molecule has 0 aliphatic carbocycles. The monoisotopic (exact) mass is 504 g/mol. The van der Waals surface area contributed by atoms with Crippen molar-refractivity contribution in [2.24, 2.45) is 4.99 Å². The number of benzene rings is 3. The quantitative estimate of drug-likeness (QED) is 0.145. The fraction of sp³-hybridized carbons (Fsp3) is 0.115. The minimum Gasteiger partial charge on any atom is -0.493 e. The van der Waals surface area contributed by atoms with Crippen LogP contribution in [0.15, 0.2) is 71.4 Å². The third-order valence-corrected chi connectivity index (χ3v) is 5.26. The van der Waals surface area contributed by atoms with Gasteiger partial charge in [0.15, 0.2) is 17.2 Å². The molecule has 0 spiro atoms. The molecule has 0 amide bonds. The Morgan fingerprint density at radius 3 is 2.19 bits per heavy atom. The number of hydrogen-bond acceptors (Lipinski definition) is 10. The number of nitro groups is 1. The molecule has 1 heterocycles. The summed E-state index contributed by atoms with van der Waals surface area (Å²) in [4.78, 5) is 39.9. The maximum absolute atomic E-state index is 13.0. The van der Waals surface area contributed by atoms with Crippen LogP contribution >= 0.6 is 0 Å². The molecule has 11 heteroatoms. The molecule has 3 aromatic carbocycles. The third-order valence-electron chi connectivity index (χ3n) is 5.26. The van der Waals surface area contributed by atoms with E-state index in [1.807, 2.05) is 0 Å². The predicted molar refractivity (Wildman–Crippen MR) is 131 cm³/mol. The van der Waals surface area contributed by atoms with Gasteiger partial charge in [-0.15, -0.1) is 0 Å². The average Bonchev–Trinajstić information content (AvgIpc) is 3.28. The first-order chi connectivity index (χ1) is 17.8. The van der Waals surface area contributed by atoms with Crippen LogP contribution in [0.3, 0.4) is 0 Å². The minimum absolute atomic E-state index is 0.00181. The zero-order valence-corrected chi connectivity index (χ0v) is 19.9. The standard InChI is InChI=1S/C26H20N2O9/c1-33-21-13-17(14-22(34-2)23(21)35-3)25(29)36-20-7-5-4-6-16(20)12-19-26(30)37-24(27-19)15-8-10-18(11-9-15)28(31)32/h4-14H,1-3H3/b19-12+. The van der Waals surface area contributed by atoms with Crippen LogP contribution < -0.4 is 18.9 Å². The topological polar surface area (TPSA) is 136 Å². The van der Waals surface area contributed by atoms with Gasteiger partial charge in [-0.25, -0.2) is 14.6 Å². The summed E-state index contributed by atoms with van der Waals surface area (Å²) in [6.07, 6.45) is 1.42. The zero-order chi connectivity index (χ0) is 26.5. The van der Waals surface area contributed by atoms with Crippen LogP contribution in [0.2, 0.25) is 0 Å². The summed E-state index contributed by atoms with van der Waals surface area (Å²) in [6.45, 7) is 0. The molecule has 188 valence electrons. The first-order valence-corrected chi connectivity index (χ1v) is 10.7. The average molecular weight is 504 g/mol. The van der Waals surface area contributed by atoms with Gasteiger partial charge in [0.2, 0.25) is 11.6 Å². The number of cyclic esters (lactones) is 1. The molecule has 1 aliphatic heterocycles. The Bertz CT molecular complexity index is 1420. The number of non-ortho nitro benzene ring substituents is 1. The molecule has 11 nitrogen and oxygen atoms in total. The molecule has 0 aromatic heterocycles. The Morgan fingerprint density at radius 1 is 0.946 bits per heavy atom. The second-order valence-corrected chi connectivity index (χ2v) is 7.48. The van der Waals surface area contributed by atoms with Crippen molar-refractivity contribution in [2.45, 2.75) is 0 Å². The van der Waals surface area contributed by atoms with E-state index < -0.39 is 16.9 Å². The second-order valence-electron chi connectivity index (χ2n) is 7.48. The Hall–Kier alpha value is -5.19. The van der Waals surface area contributed by atoms with Crippen LogP contribution in [0.25, 0.3) is 6.08 Å². The Morgan fingerprint density at radius 2 is 1.59 bits per heavy atom. The Labute approximate surface area is 210 Å². The fourth-order valence-corrected chi connectivity index (χ4v) is 3.46. The molecule has 0 saturated carbocycles. The van der Waals surface area contributed by atoms with Gasteiger partial charge < -0.3 is 23.7 Å². The van der Waals surface area contributed by atoms with Crippen molar-refractivity contribution >= 4 is 29.6 Å². The summed E-state index contributed by atoms with van der Waals surface area (Å²) in [7, 11) is 4.31. The maximum atomic E-state index is 13.0. The van der Waals surface area contributed by atoms with Crippen molar-refractivity contribution < 1.29 is 38.2 Å². The van der Waals surface area contributed by atoms with Gasteiger partial charge in [0.25, 0.3) is 5.69 Å². The number of carbonyl (C=O) groups is 2. The summed E-state index contributed by atoms with van der Waals surface area (Å²) in [5.74, 6) is -0.364. The van der Waals surface area contributed by atoms with Crippen molar-refractivity contribution in [2.75, 3.05) is 21.3 Å². The van der Waals surface area contributed by atoms with Crippen LogP contribution in [0.5, 0.6) is 23.0 Å². The number of methoxy groups -OCH3 is 3. The summed E-state index contributed by atoms with van der Waals surface area (Å²) in [5, 5.41) is 10.9. The van der Waals surface area contributed by atoms with Crippen molar-refractivity contribution in [1.82, 2.24) is 0 Å². The lowest BCUT2D eigenvalue weighted by Gasteiger charge is -2.14. The van der Waals surface area contributed by atoms with E-state index in [2.05, 4.69) is 4.99 Å². The number of nitro benzene ring substituents is 1. The first-order valence-electron chi connectivity index (χ1n) is 10.7. The van der Waals surface area contributed by atoms with Gasteiger partial charge in [0.05, 0.1) is 31.8 Å². The van der Waals surface area contributed by atoms with Crippen LogP contribution in [0.4, 0.5) is 5.69 Å². The zero-order valence-electron chi connectivity index (χ0n) is 19.9. The van der Waals surface area contributed by atoms with Crippen molar-refractivity contribution in [3.8, 4) is 23.0 Å². The number of aliphatic imine (C=N–C) groups is 1. The lowest BCUT2D eigenvalue weighted by molar-refractivity contribution is -0.384. The molecular formula is C26H20N2O9. The molecule has 0 unspecified atom stereocenters. The molecular weight excluding hydrogens is 484 g/mol. The van der Waals surface area contributed by atoms with E-state index in [-0.39, 0.29) is 40.1 Å². The highest BCUT2D eigenvalue weighted by Crippen LogP contribution is 2.38. The highest BCUT2D eigenvalue weighted by molar-refractivity contribution is 6.13. The van der Waals surface area contributed by atoms with E-state index in [9.17, 15) is 19.7 Å². The number of rotatable bonds is 8. The first kappa shape index (κ1) is 24.9. The molecule has 0 radical (unpaired) electrons. The molecule has 0 fully saturated rings. The summed E-state index contributed by atoms with van der Waals surface area (Å²) in [6, 6.07) is 14.9. The summed E-state index contributed by atoms with van der Waals surface area (Å²) in [5.41, 5.74) is 0.793. The minimum atomic E-state index is -0.723. The van der Waals surface area contributed by atoms with Crippen LogP contribution in [-0.4, -0.2) is 44.1 Å². The Balaban J connectivity index is 1.62. The van der Waals surface area contributed by atoms with Crippen molar-refractivity contribution in [1.29, 1.82) is 0 Å². The van der Waals surface area contributed by atoms with E-state index >= 15 is 0 Å². The van der Waals surface area contributed by atoms with Crippen molar-refractivity contribution in [3.05, 3.63) is 93.2 Å². The van der Waals surface area contributed by atoms with Crippen LogP contribution in [-0.2, 0) is 9.53 Å². The van der Waals surface area contributed by atoms with Gasteiger partial charge >= 0.3 is 11.9 Å². The van der Waals surface area contributed by atoms with Gasteiger partial charge in [-0.3, -0.25) is 10.1 Å². The van der Waals surface area contributed by atoms with E-state index in [0.29, 0.717) is 16.9 Å². The SMILES string of the molecule is COc1cc(C(=O)Oc2ccccc2/C=C2/N=C(c3ccc([N+](=O)[O-])cc3)OC2=O)cc(OC)c1OC. The molecule has 3 aromatic rings. The highest BCUT2D eigenvalue weighted by Gasteiger charge is 2.25. The normalized spacial score (nSPS) is 13.5. The lowest BCUT2D eigenvalue weighted by Crippen LogP contribution is -2.10. The van der Waals surface area contributed by atoms with E-state index in [0.717, 1.165) is 0 Å². The van der Waals surface area contributed by atoms with Gasteiger partial charge in [-0.05, 0) is 36.4 Å². The van der Waals surface area contributed by atoms with E-state index in [4.69, 9.17) is 23.7 Å². The highest BCUT2D eigenvalue weighted by atomic mass is 16.6. The predicted octanol–water partition coefficient (Wildman–Crippen LogP) is 4.18. The van der Waals surface area contributed by atoms with Crippen LogP contribution in [0.1, 0.15) is 21.5 Å². The van der Waals surface area contributed by atoms with Crippen molar-refractivity contribution in [3.63, 3.8) is 0 Å². The molecule has 1 aliphatic rings. The number of para-hydroxylation sites is 1. The maximum Gasteiger partial charge on any atom is 0.363 e. The molecule has 0 N–H and O–H groups in total. The Kier molecular flexibility index (Phi) is 7.14. The number of esters is 2.